The number of hydrogen-bond donors (Lipinski definition) is 0. The first-order valence-corrected chi connectivity index (χ1v) is 7.77. The molecule has 0 nitrogen and oxygen atoms in total. The first-order chi connectivity index (χ1) is 9.14. The lowest BCUT2D eigenvalue weighted by atomic mass is 9.86. The maximum atomic E-state index is 2.35. The van der Waals surface area contributed by atoms with Crippen LogP contribution in [0, 0.1) is 5.92 Å². The molecule has 0 N–H and O–H groups in total. The molecule has 0 bridgehead atoms. The average Bonchev–Trinajstić information content (AvgIpc) is 2.39. The van der Waals surface area contributed by atoms with E-state index in [9.17, 15) is 0 Å². The van der Waals surface area contributed by atoms with Crippen LogP contribution in [0.1, 0.15) is 67.2 Å². The van der Waals surface area contributed by atoms with Crippen molar-refractivity contribution in [3.63, 3.8) is 0 Å². The third kappa shape index (κ3) is 6.61. The van der Waals surface area contributed by atoms with Crippen LogP contribution in [0.15, 0.2) is 47.1 Å². The highest BCUT2D eigenvalue weighted by atomic mass is 14.2. The number of rotatable bonds is 8. The highest BCUT2D eigenvalue weighted by Crippen LogP contribution is 2.28. The number of hydrogen-bond acceptors (Lipinski definition) is 0. The van der Waals surface area contributed by atoms with Gasteiger partial charge >= 0.3 is 0 Å². The smallest absolute Gasteiger partial charge is 0.0151 e. The van der Waals surface area contributed by atoms with E-state index < -0.39 is 0 Å². The predicted octanol–water partition coefficient (Wildman–Crippen LogP) is 6.62. The van der Waals surface area contributed by atoms with Crippen LogP contribution in [0.4, 0.5) is 0 Å². The number of allylic oxidation sites excluding steroid dienone is 8. The summed E-state index contributed by atoms with van der Waals surface area (Å²) >= 11 is 0. The van der Waals surface area contributed by atoms with Gasteiger partial charge in [0.05, 0.1) is 0 Å². The van der Waals surface area contributed by atoms with Gasteiger partial charge in [-0.25, -0.2) is 0 Å². The molecular weight excluding hydrogens is 228 g/mol. The molecule has 19 heavy (non-hydrogen) atoms. The van der Waals surface area contributed by atoms with E-state index in [0.717, 1.165) is 12.8 Å². The summed E-state index contributed by atoms with van der Waals surface area (Å²) in [6.07, 6.45) is 16.0. The van der Waals surface area contributed by atoms with Crippen LogP contribution >= 0.6 is 0 Å². The summed E-state index contributed by atoms with van der Waals surface area (Å²) in [4.78, 5) is 0. The lowest BCUT2D eigenvalue weighted by Crippen LogP contribution is -2.04. The third-order valence-corrected chi connectivity index (χ3v) is 3.47. The largest absolute Gasteiger partial charge is 0.0874 e. The van der Waals surface area contributed by atoms with Crippen molar-refractivity contribution < 1.29 is 0 Å². The van der Waals surface area contributed by atoms with E-state index >= 15 is 0 Å². The molecule has 0 aromatic rings. The van der Waals surface area contributed by atoms with Gasteiger partial charge in [0.1, 0.15) is 0 Å². The molecule has 0 radical (unpaired) electrons. The first-order valence-electron chi connectivity index (χ1n) is 7.77. The molecule has 0 aliphatic heterocycles. The second-order valence-electron chi connectivity index (χ2n) is 5.10. The Morgan fingerprint density at radius 1 is 1.05 bits per heavy atom. The van der Waals surface area contributed by atoms with Crippen LogP contribution in [-0.4, -0.2) is 0 Å². The van der Waals surface area contributed by atoms with E-state index in [2.05, 4.69) is 71.9 Å². The molecule has 0 fully saturated rings. The van der Waals surface area contributed by atoms with E-state index in [4.69, 9.17) is 0 Å². The lowest BCUT2D eigenvalue weighted by Gasteiger charge is -2.19. The van der Waals surface area contributed by atoms with Gasteiger partial charge in [-0.3, -0.25) is 0 Å². The maximum Gasteiger partial charge on any atom is -0.0151 e. The fraction of sp³-hybridized carbons (Fsp3) is 0.579. The molecule has 0 amide bonds. The Kier molecular flexibility index (Phi) is 10.2. The molecular formula is C19H32. The molecule has 0 aromatic heterocycles. The van der Waals surface area contributed by atoms with Crippen LogP contribution in [-0.2, 0) is 0 Å². The zero-order valence-corrected chi connectivity index (χ0v) is 13.8. The predicted molar refractivity (Wildman–Crippen MR) is 89.4 cm³/mol. The van der Waals surface area contributed by atoms with Gasteiger partial charge in [0.2, 0.25) is 0 Å². The van der Waals surface area contributed by atoms with Gasteiger partial charge in [0.25, 0.3) is 0 Å². The molecule has 0 heterocycles. The normalized spacial score (nSPS) is 16.2. The Balaban J connectivity index is 4.95. The maximum absolute atomic E-state index is 2.35. The minimum atomic E-state index is 0.594. The molecule has 1 atom stereocenters. The molecule has 108 valence electrons. The fourth-order valence-corrected chi connectivity index (χ4v) is 2.67. The van der Waals surface area contributed by atoms with Crippen molar-refractivity contribution in [1.82, 2.24) is 0 Å². The Morgan fingerprint density at radius 2 is 1.74 bits per heavy atom. The standard InChI is InChI=1S/C19H32/c1-7-12-17(13-8-2)15-16(6)19(11-5)18(10-4)14-9-3/h7,10-13,16H,8-9,14-15H2,1-6H3/b12-7-,17-13+,18-10-,19-11-. The van der Waals surface area contributed by atoms with E-state index in [0.29, 0.717) is 5.92 Å². The second-order valence-corrected chi connectivity index (χ2v) is 5.10. The van der Waals surface area contributed by atoms with Gasteiger partial charge in [-0.15, -0.1) is 0 Å². The highest BCUT2D eigenvalue weighted by Gasteiger charge is 2.12. The van der Waals surface area contributed by atoms with E-state index in [-0.39, 0.29) is 0 Å². The van der Waals surface area contributed by atoms with Crippen molar-refractivity contribution in [2.75, 3.05) is 0 Å². The topological polar surface area (TPSA) is 0 Å². The summed E-state index contributed by atoms with van der Waals surface area (Å²) < 4.78 is 0. The lowest BCUT2D eigenvalue weighted by molar-refractivity contribution is 0.672. The first kappa shape index (κ1) is 18.0. The van der Waals surface area contributed by atoms with E-state index in [1.807, 2.05) is 0 Å². The highest BCUT2D eigenvalue weighted by molar-refractivity contribution is 5.34. The van der Waals surface area contributed by atoms with Gasteiger partial charge < -0.3 is 0 Å². The third-order valence-electron chi connectivity index (χ3n) is 3.47. The summed E-state index contributed by atoms with van der Waals surface area (Å²) in [5.74, 6) is 0.594. The summed E-state index contributed by atoms with van der Waals surface area (Å²) in [6.45, 7) is 13.2. The molecule has 0 aromatic carbocycles. The Morgan fingerprint density at radius 3 is 2.16 bits per heavy atom. The molecule has 0 rings (SSSR count). The van der Waals surface area contributed by atoms with Gasteiger partial charge in [-0.1, -0.05) is 63.1 Å². The van der Waals surface area contributed by atoms with Crippen molar-refractivity contribution in [2.45, 2.75) is 67.2 Å². The zero-order valence-electron chi connectivity index (χ0n) is 13.8. The Labute approximate surface area is 121 Å². The zero-order chi connectivity index (χ0) is 14.7. The van der Waals surface area contributed by atoms with Crippen LogP contribution in [0.25, 0.3) is 0 Å². The van der Waals surface area contributed by atoms with Crippen molar-refractivity contribution >= 4 is 0 Å². The molecule has 0 aliphatic carbocycles. The molecule has 0 heteroatoms. The van der Waals surface area contributed by atoms with Gasteiger partial charge in [-0.2, -0.15) is 0 Å². The fourth-order valence-electron chi connectivity index (χ4n) is 2.67. The summed E-state index contributed by atoms with van der Waals surface area (Å²) in [6, 6.07) is 0. The van der Waals surface area contributed by atoms with Crippen LogP contribution in [0.2, 0.25) is 0 Å². The van der Waals surface area contributed by atoms with Crippen molar-refractivity contribution in [3.8, 4) is 0 Å². The molecule has 0 saturated heterocycles. The van der Waals surface area contributed by atoms with Crippen molar-refractivity contribution in [1.29, 1.82) is 0 Å². The quantitative estimate of drug-likeness (QED) is 0.430. The molecule has 0 saturated carbocycles. The summed E-state index contributed by atoms with van der Waals surface area (Å²) in [7, 11) is 0. The van der Waals surface area contributed by atoms with Crippen LogP contribution in [0.3, 0.4) is 0 Å². The van der Waals surface area contributed by atoms with Crippen LogP contribution in [0.5, 0.6) is 0 Å². The van der Waals surface area contributed by atoms with Gasteiger partial charge in [0.15, 0.2) is 0 Å². The molecule has 1 unspecified atom stereocenters. The second kappa shape index (κ2) is 10.8. The van der Waals surface area contributed by atoms with Crippen molar-refractivity contribution in [3.05, 3.63) is 47.1 Å². The minimum Gasteiger partial charge on any atom is -0.0874 e. The SMILES string of the molecule is C/C=C\C(=C/CC)CC(C)C(=C/C)/C(=C\C)CCC. The van der Waals surface area contributed by atoms with E-state index in [1.54, 1.807) is 0 Å². The van der Waals surface area contributed by atoms with Crippen LogP contribution < -0.4 is 0 Å². The molecule has 0 aliphatic rings. The minimum absolute atomic E-state index is 0.594. The van der Waals surface area contributed by atoms with Gasteiger partial charge in [-0.05, 0) is 57.1 Å². The van der Waals surface area contributed by atoms with Gasteiger partial charge in [0, 0.05) is 0 Å². The Hall–Kier alpha value is -1.04. The Bertz CT molecular complexity index is 350. The monoisotopic (exact) mass is 260 g/mol. The summed E-state index contributed by atoms with van der Waals surface area (Å²) in [5, 5.41) is 0. The summed E-state index contributed by atoms with van der Waals surface area (Å²) in [5.41, 5.74) is 4.51. The molecule has 0 spiro atoms. The van der Waals surface area contributed by atoms with E-state index in [1.165, 1.54) is 29.6 Å². The average molecular weight is 260 g/mol. The van der Waals surface area contributed by atoms with Crippen molar-refractivity contribution in [2.24, 2.45) is 5.92 Å².